The van der Waals surface area contributed by atoms with Crippen LogP contribution in [0.3, 0.4) is 0 Å². The minimum absolute atomic E-state index is 0.147. The molecule has 0 radical (unpaired) electrons. The number of rotatable bonds is 1. The SMILES string of the molecule is CC(C)(C)C(=O)ON1CCN(C(=O)C(C)(C)C)CC1. The van der Waals surface area contributed by atoms with E-state index in [4.69, 9.17) is 4.84 Å². The van der Waals surface area contributed by atoms with E-state index in [1.165, 1.54) is 0 Å². The molecule has 0 unspecified atom stereocenters. The molecule has 5 nitrogen and oxygen atoms in total. The molecule has 0 atom stereocenters. The van der Waals surface area contributed by atoms with Crippen LogP contribution in [0.4, 0.5) is 0 Å². The van der Waals surface area contributed by atoms with E-state index >= 15 is 0 Å². The molecule has 5 heteroatoms. The highest BCUT2D eigenvalue weighted by atomic mass is 16.7. The van der Waals surface area contributed by atoms with Crippen LogP contribution in [-0.4, -0.2) is 48.0 Å². The van der Waals surface area contributed by atoms with E-state index in [1.807, 2.05) is 46.4 Å². The van der Waals surface area contributed by atoms with Crippen molar-refractivity contribution < 1.29 is 14.4 Å². The number of nitrogens with zero attached hydrogens (tertiary/aromatic N) is 2. The molecule has 0 bridgehead atoms. The van der Waals surface area contributed by atoms with Crippen LogP contribution in [0.15, 0.2) is 0 Å². The van der Waals surface area contributed by atoms with Crippen LogP contribution >= 0.6 is 0 Å². The van der Waals surface area contributed by atoms with Gasteiger partial charge in [0.1, 0.15) is 0 Å². The highest BCUT2D eigenvalue weighted by molar-refractivity contribution is 5.81. The van der Waals surface area contributed by atoms with E-state index in [0.29, 0.717) is 26.2 Å². The van der Waals surface area contributed by atoms with Gasteiger partial charge in [-0.05, 0) is 20.8 Å². The molecule has 0 spiro atoms. The zero-order chi connectivity index (χ0) is 14.8. The van der Waals surface area contributed by atoms with Gasteiger partial charge in [0.15, 0.2) is 0 Å². The van der Waals surface area contributed by atoms with E-state index in [-0.39, 0.29) is 17.3 Å². The van der Waals surface area contributed by atoms with Crippen molar-refractivity contribution in [3.63, 3.8) is 0 Å². The largest absolute Gasteiger partial charge is 0.367 e. The topological polar surface area (TPSA) is 49.9 Å². The van der Waals surface area contributed by atoms with Crippen molar-refractivity contribution >= 4 is 11.9 Å². The molecule has 1 fully saturated rings. The van der Waals surface area contributed by atoms with Crippen molar-refractivity contribution in [2.75, 3.05) is 26.2 Å². The van der Waals surface area contributed by atoms with E-state index < -0.39 is 5.41 Å². The highest BCUT2D eigenvalue weighted by Crippen LogP contribution is 2.20. The number of carbonyl (C=O) groups excluding carboxylic acids is 2. The fraction of sp³-hybridized carbons (Fsp3) is 0.857. The summed E-state index contributed by atoms with van der Waals surface area (Å²) < 4.78 is 0. The zero-order valence-corrected chi connectivity index (χ0v) is 12.9. The first-order valence-corrected chi connectivity index (χ1v) is 6.78. The van der Waals surface area contributed by atoms with Gasteiger partial charge in [0.25, 0.3) is 0 Å². The third kappa shape index (κ3) is 4.49. The Labute approximate surface area is 115 Å². The van der Waals surface area contributed by atoms with E-state index in [9.17, 15) is 9.59 Å². The van der Waals surface area contributed by atoms with Crippen molar-refractivity contribution in [2.24, 2.45) is 10.8 Å². The second kappa shape index (κ2) is 5.49. The Balaban J connectivity index is 2.46. The van der Waals surface area contributed by atoms with Crippen molar-refractivity contribution in [3.8, 4) is 0 Å². The molecule has 1 saturated heterocycles. The second-order valence-electron chi connectivity index (χ2n) is 7.10. The lowest BCUT2D eigenvalue weighted by atomic mass is 9.94. The average Bonchev–Trinajstić information content (AvgIpc) is 2.26. The van der Waals surface area contributed by atoms with Crippen LogP contribution in [0.5, 0.6) is 0 Å². The Morgan fingerprint density at radius 1 is 0.842 bits per heavy atom. The van der Waals surface area contributed by atoms with Crippen molar-refractivity contribution in [2.45, 2.75) is 41.5 Å². The number of hydrogen-bond acceptors (Lipinski definition) is 4. The van der Waals surface area contributed by atoms with E-state index in [0.717, 1.165) is 0 Å². The molecule has 0 aliphatic carbocycles. The van der Waals surface area contributed by atoms with Crippen molar-refractivity contribution in [1.82, 2.24) is 9.96 Å². The molecule has 1 amide bonds. The highest BCUT2D eigenvalue weighted by Gasteiger charge is 2.32. The van der Waals surface area contributed by atoms with Gasteiger partial charge in [0.2, 0.25) is 5.91 Å². The summed E-state index contributed by atoms with van der Waals surface area (Å²) >= 11 is 0. The standard InChI is InChI=1S/C14H26N2O3/c1-13(2,3)11(17)15-7-9-16(10-8-15)19-12(18)14(4,5)6/h7-10H2,1-6H3. The fourth-order valence-corrected chi connectivity index (χ4v) is 1.71. The molecule has 1 aliphatic heterocycles. The van der Waals surface area contributed by atoms with Gasteiger partial charge < -0.3 is 9.74 Å². The molecule has 19 heavy (non-hydrogen) atoms. The maximum absolute atomic E-state index is 12.1. The van der Waals surface area contributed by atoms with Gasteiger partial charge in [-0.3, -0.25) is 4.79 Å². The Bertz CT molecular complexity index is 345. The number of hydroxylamine groups is 2. The number of piperazine rings is 1. The van der Waals surface area contributed by atoms with Crippen molar-refractivity contribution in [3.05, 3.63) is 0 Å². The van der Waals surface area contributed by atoms with E-state index in [1.54, 1.807) is 5.06 Å². The van der Waals surface area contributed by atoms with Crippen LogP contribution in [0.25, 0.3) is 0 Å². The van der Waals surface area contributed by atoms with Crippen molar-refractivity contribution in [1.29, 1.82) is 0 Å². The quantitative estimate of drug-likeness (QED) is 0.727. The predicted molar refractivity (Wildman–Crippen MR) is 73.2 cm³/mol. The molecular formula is C14H26N2O3. The summed E-state index contributed by atoms with van der Waals surface area (Å²) in [6.45, 7) is 13.6. The van der Waals surface area contributed by atoms with Crippen LogP contribution < -0.4 is 0 Å². The van der Waals surface area contributed by atoms with Crippen LogP contribution in [0.1, 0.15) is 41.5 Å². The minimum Gasteiger partial charge on any atom is -0.367 e. The van der Waals surface area contributed by atoms with Gasteiger partial charge in [-0.2, -0.15) is 0 Å². The molecule has 1 aliphatic rings. The number of amides is 1. The average molecular weight is 270 g/mol. The summed E-state index contributed by atoms with van der Waals surface area (Å²) in [5, 5.41) is 1.65. The molecular weight excluding hydrogens is 244 g/mol. The molecule has 0 aromatic rings. The first kappa shape index (κ1) is 16.0. The molecule has 110 valence electrons. The Hall–Kier alpha value is -1.10. The van der Waals surface area contributed by atoms with Gasteiger partial charge in [-0.1, -0.05) is 20.8 Å². The van der Waals surface area contributed by atoms with Crippen LogP contribution in [-0.2, 0) is 14.4 Å². The van der Waals surface area contributed by atoms with Gasteiger partial charge in [-0.15, -0.1) is 5.06 Å². The first-order valence-electron chi connectivity index (χ1n) is 6.78. The molecule has 0 saturated carbocycles. The number of hydrogen-bond donors (Lipinski definition) is 0. The Morgan fingerprint density at radius 3 is 1.68 bits per heavy atom. The monoisotopic (exact) mass is 270 g/mol. The summed E-state index contributed by atoms with van der Waals surface area (Å²) in [7, 11) is 0. The summed E-state index contributed by atoms with van der Waals surface area (Å²) in [5.41, 5.74) is -0.859. The summed E-state index contributed by atoms with van der Waals surface area (Å²) in [6, 6.07) is 0. The predicted octanol–water partition coefficient (Wildman–Crippen LogP) is 1.68. The smallest absolute Gasteiger partial charge is 0.330 e. The maximum atomic E-state index is 12.1. The summed E-state index contributed by atoms with van der Waals surface area (Å²) in [6.07, 6.45) is 0. The minimum atomic E-state index is -0.502. The normalized spacial score (nSPS) is 18.3. The lowest BCUT2D eigenvalue weighted by Gasteiger charge is -2.37. The molecule has 0 aromatic heterocycles. The third-order valence-corrected chi connectivity index (χ3v) is 2.99. The summed E-state index contributed by atoms with van der Waals surface area (Å²) in [5.74, 6) is -0.0857. The van der Waals surface area contributed by atoms with Gasteiger partial charge in [-0.25, -0.2) is 4.79 Å². The molecule has 0 aromatic carbocycles. The van der Waals surface area contributed by atoms with Gasteiger partial charge >= 0.3 is 5.97 Å². The molecule has 0 N–H and O–H groups in total. The maximum Gasteiger partial charge on any atom is 0.330 e. The zero-order valence-electron chi connectivity index (χ0n) is 12.9. The van der Waals surface area contributed by atoms with Crippen LogP contribution in [0, 0.1) is 10.8 Å². The van der Waals surface area contributed by atoms with Gasteiger partial charge in [0, 0.05) is 18.5 Å². The number of carbonyl (C=O) groups is 2. The fourth-order valence-electron chi connectivity index (χ4n) is 1.71. The summed E-state index contributed by atoms with van der Waals surface area (Å²) in [4.78, 5) is 31.0. The lowest BCUT2D eigenvalue weighted by Crippen LogP contribution is -2.52. The third-order valence-electron chi connectivity index (χ3n) is 2.99. The van der Waals surface area contributed by atoms with Gasteiger partial charge in [0.05, 0.1) is 18.5 Å². The molecule has 1 rings (SSSR count). The second-order valence-corrected chi connectivity index (χ2v) is 7.10. The first-order chi connectivity index (χ1) is 8.51. The van der Waals surface area contributed by atoms with Crippen LogP contribution in [0.2, 0.25) is 0 Å². The molecule has 1 heterocycles. The lowest BCUT2D eigenvalue weighted by molar-refractivity contribution is -0.207. The van der Waals surface area contributed by atoms with E-state index in [2.05, 4.69) is 0 Å². The Morgan fingerprint density at radius 2 is 1.32 bits per heavy atom. The Kier molecular flexibility index (Phi) is 4.61.